The van der Waals surface area contributed by atoms with Gasteiger partial charge in [-0.05, 0) is 65.7 Å². The van der Waals surface area contributed by atoms with Gasteiger partial charge in [0.2, 0.25) is 5.91 Å². The Morgan fingerprint density at radius 1 is 1.20 bits per heavy atom. The summed E-state index contributed by atoms with van der Waals surface area (Å²) in [4.78, 5) is 44.8. The molecule has 3 heterocycles. The number of hydrogen-bond acceptors (Lipinski definition) is 10. The van der Waals surface area contributed by atoms with Gasteiger partial charge in [-0.15, -0.1) is 5.10 Å². The summed E-state index contributed by atoms with van der Waals surface area (Å²) in [5.74, 6) is -1.14. The van der Waals surface area contributed by atoms with Crippen molar-refractivity contribution in [3.8, 4) is 23.0 Å². The molecule has 4 aromatic rings. The smallest absolute Gasteiger partial charge is 0.411 e. The number of nitriles is 1. The van der Waals surface area contributed by atoms with Gasteiger partial charge in [0.05, 0.1) is 24.5 Å². The monoisotopic (exact) mass is 630 g/mol. The molecule has 0 radical (unpaired) electrons. The number of carboxylic acids is 1. The molecule has 0 spiro atoms. The van der Waals surface area contributed by atoms with Crippen LogP contribution in [0, 0.1) is 11.3 Å². The first-order valence-electron chi connectivity index (χ1n) is 13.8. The number of carbonyl (C=O) groups is 3. The van der Waals surface area contributed by atoms with Crippen LogP contribution in [0.4, 0.5) is 16.2 Å². The van der Waals surface area contributed by atoms with E-state index in [1.807, 2.05) is 0 Å². The highest BCUT2D eigenvalue weighted by molar-refractivity contribution is 6.30. The Hall–Kier alpha value is -5.75. The van der Waals surface area contributed by atoms with Gasteiger partial charge in [-0.3, -0.25) is 10.1 Å². The Labute approximate surface area is 261 Å². The number of H-pyrrole nitrogens is 1. The summed E-state index contributed by atoms with van der Waals surface area (Å²) in [6.45, 7) is 0. The van der Waals surface area contributed by atoms with Crippen LogP contribution in [0.2, 0.25) is 5.02 Å². The number of aromatic nitrogens is 6. The average Bonchev–Trinajstić information content (AvgIpc) is 3.71. The SMILES string of the molecule is COC(=O)Nc1ccc2c(c1)NC(C(=O)O)CCCCC(NC(=O)C=Cc1cc(Cl)ccc1-n1cnnn1)c1nc(C#N)c-2[nH]1. The second kappa shape index (κ2) is 13.7. The molecule has 0 fully saturated rings. The molecule has 5 rings (SSSR count). The number of nitrogens with zero attached hydrogens (tertiary/aromatic N) is 6. The Morgan fingerprint density at radius 3 is 2.76 bits per heavy atom. The van der Waals surface area contributed by atoms with Crippen molar-refractivity contribution in [2.45, 2.75) is 37.8 Å². The highest BCUT2D eigenvalue weighted by Crippen LogP contribution is 2.35. The maximum absolute atomic E-state index is 13.2. The third kappa shape index (κ3) is 7.25. The highest BCUT2D eigenvalue weighted by Gasteiger charge is 2.26. The number of hydrogen-bond donors (Lipinski definition) is 5. The summed E-state index contributed by atoms with van der Waals surface area (Å²) in [5, 5.41) is 40.1. The van der Waals surface area contributed by atoms with Crippen LogP contribution < -0.4 is 16.0 Å². The molecule has 0 saturated heterocycles. The number of rotatable bonds is 6. The van der Waals surface area contributed by atoms with Gasteiger partial charge in [0.1, 0.15) is 24.3 Å². The van der Waals surface area contributed by atoms with Gasteiger partial charge in [-0.1, -0.05) is 24.4 Å². The van der Waals surface area contributed by atoms with Crippen LogP contribution in [0.25, 0.3) is 23.0 Å². The molecule has 1 aliphatic heterocycles. The molecule has 2 bridgehead atoms. The molecule has 5 N–H and O–H groups in total. The lowest BCUT2D eigenvalue weighted by molar-refractivity contribution is -0.138. The molecule has 0 saturated carbocycles. The predicted octanol–water partition coefficient (Wildman–Crippen LogP) is 4.07. The number of fused-ring (bicyclic) bond motifs is 4. The Balaban J connectivity index is 1.47. The molecular weight excluding hydrogens is 604 g/mol. The number of carboxylic acid groups (broad SMARTS) is 1. The number of aliphatic carboxylic acids is 1. The van der Waals surface area contributed by atoms with E-state index in [-0.39, 0.29) is 12.1 Å². The van der Waals surface area contributed by atoms with Crippen LogP contribution in [0.3, 0.4) is 0 Å². The van der Waals surface area contributed by atoms with Crippen molar-refractivity contribution < 1.29 is 24.2 Å². The van der Waals surface area contributed by atoms with Crippen molar-refractivity contribution in [3.63, 3.8) is 0 Å². The first-order chi connectivity index (χ1) is 21.7. The second-order valence-corrected chi connectivity index (χ2v) is 10.4. The van der Waals surface area contributed by atoms with Crippen molar-refractivity contribution in [2.24, 2.45) is 0 Å². The molecule has 2 atom stereocenters. The number of anilines is 2. The van der Waals surface area contributed by atoms with E-state index in [2.05, 4.69) is 52.2 Å². The van der Waals surface area contributed by atoms with E-state index in [9.17, 15) is 24.8 Å². The molecule has 1 aliphatic rings. The number of benzene rings is 2. The lowest BCUT2D eigenvalue weighted by atomic mass is 10.0. The maximum Gasteiger partial charge on any atom is 0.411 e. The third-order valence-corrected chi connectivity index (χ3v) is 7.29. The van der Waals surface area contributed by atoms with Gasteiger partial charge in [0.25, 0.3) is 0 Å². The molecule has 230 valence electrons. The minimum atomic E-state index is -1.06. The van der Waals surface area contributed by atoms with Crippen molar-refractivity contribution in [1.29, 1.82) is 5.26 Å². The van der Waals surface area contributed by atoms with Crippen LogP contribution in [0.15, 0.2) is 48.8 Å². The number of imidazole rings is 1. The van der Waals surface area contributed by atoms with Gasteiger partial charge in [-0.2, -0.15) is 9.94 Å². The molecule has 2 aromatic heterocycles. The normalized spacial score (nSPS) is 16.3. The zero-order valence-electron chi connectivity index (χ0n) is 23.8. The topological polar surface area (TPSA) is 213 Å². The number of aromatic amines is 1. The number of carbonyl (C=O) groups excluding carboxylic acids is 2. The number of methoxy groups -OCH3 is 1. The molecule has 2 aromatic carbocycles. The predicted molar refractivity (Wildman–Crippen MR) is 162 cm³/mol. The quantitative estimate of drug-likeness (QED) is 0.191. The van der Waals surface area contributed by atoms with Crippen LogP contribution in [-0.4, -0.2) is 66.4 Å². The van der Waals surface area contributed by atoms with E-state index in [0.29, 0.717) is 64.0 Å². The first kappa shape index (κ1) is 30.7. The summed E-state index contributed by atoms with van der Waals surface area (Å²) >= 11 is 6.19. The zero-order chi connectivity index (χ0) is 31.9. The van der Waals surface area contributed by atoms with Crippen molar-refractivity contribution in [1.82, 2.24) is 35.5 Å². The third-order valence-electron chi connectivity index (χ3n) is 7.06. The largest absolute Gasteiger partial charge is 0.480 e. The van der Waals surface area contributed by atoms with Gasteiger partial charge >= 0.3 is 12.1 Å². The fraction of sp³-hybridized carbons (Fsp3) is 0.241. The zero-order valence-corrected chi connectivity index (χ0v) is 24.6. The number of tetrazole rings is 1. The van der Waals surface area contributed by atoms with Gasteiger partial charge in [0, 0.05) is 33.6 Å². The fourth-order valence-corrected chi connectivity index (χ4v) is 5.08. The summed E-state index contributed by atoms with van der Waals surface area (Å²) in [5.41, 5.74) is 2.74. The molecule has 2 amide bonds. The molecule has 16 heteroatoms. The standard InChI is InChI=1S/C29H27ClN10O5/c1-45-29(44)33-18-8-9-19-22(13-18)34-21(28(42)43)5-3-2-4-20(27-36-23(14-31)26(19)37-27)35-25(41)11-6-16-12-17(30)7-10-24(16)40-15-32-38-39-40/h6-13,15,20-21,34H,2-5H2,1H3,(H,33,44)(H,35,41)(H,36,37)(H,42,43). The van der Waals surface area contributed by atoms with E-state index >= 15 is 0 Å². The number of ether oxygens (including phenoxy) is 1. The minimum Gasteiger partial charge on any atom is -0.480 e. The highest BCUT2D eigenvalue weighted by atomic mass is 35.5. The van der Waals surface area contributed by atoms with E-state index in [1.54, 1.807) is 42.5 Å². The van der Waals surface area contributed by atoms with E-state index < -0.39 is 30.1 Å². The second-order valence-electron chi connectivity index (χ2n) is 10.0. The van der Waals surface area contributed by atoms with E-state index in [1.165, 1.54) is 24.2 Å². The Kier molecular flexibility index (Phi) is 9.34. The fourth-order valence-electron chi connectivity index (χ4n) is 4.90. The summed E-state index contributed by atoms with van der Waals surface area (Å²) in [7, 11) is 1.23. The molecule has 45 heavy (non-hydrogen) atoms. The van der Waals surface area contributed by atoms with Crippen LogP contribution in [-0.2, 0) is 14.3 Å². The number of amides is 2. The van der Waals surface area contributed by atoms with Crippen molar-refractivity contribution in [2.75, 3.05) is 17.7 Å². The lowest BCUT2D eigenvalue weighted by Crippen LogP contribution is -2.30. The molecule has 0 aliphatic carbocycles. The summed E-state index contributed by atoms with van der Waals surface area (Å²) in [6, 6.07) is 10.3. The van der Waals surface area contributed by atoms with Crippen LogP contribution in [0.1, 0.15) is 48.8 Å². The minimum absolute atomic E-state index is 0.0488. The summed E-state index contributed by atoms with van der Waals surface area (Å²) in [6.07, 6.45) is 5.42. The van der Waals surface area contributed by atoms with Crippen molar-refractivity contribution >= 4 is 47.0 Å². The van der Waals surface area contributed by atoms with Gasteiger partial charge in [0.15, 0.2) is 5.69 Å². The molecule has 2 unspecified atom stereocenters. The van der Waals surface area contributed by atoms with Crippen LogP contribution in [0.5, 0.6) is 0 Å². The van der Waals surface area contributed by atoms with Crippen molar-refractivity contribution in [3.05, 3.63) is 70.9 Å². The first-order valence-corrected chi connectivity index (χ1v) is 14.1. The van der Waals surface area contributed by atoms with Gasteiger partial charge < -0.3 is 25.5 Å². The van der Waals surface area contributed by atoms with Gasteiger partial charge in [-0.25, -0.2) is 14.6 Å². The Morgan fingerprint density at radius 2 is 2.02 bits per heavy atom. The molecular formula is C29H27ClN10O5. The lowest BCUT2D eigenvalue weighted by Gasteiger charge is -2.21. The average molecular weight is 631 g/mol. The number of halogens is 1. The van der Waals surface area contributed by atoms with Crippen LogP contribution >= 0.6 is 11.6 Å². The Bertz CT molecular complexity index is 1800. The van der Waals surface area contributed by atoms with E-state index in [0.717, 1.165) is 0 Å². The maximum atomic E-state index is 13.2. The summed E-state index contributed by atoms with van der Waals surface area (Å²) < 4.78 is 6.11. The molecule has 15 nitrogen and oxygen atoms in total. The van der Waals surface area contributed by atoms with E-state index in [4.69, 9.17) is 11.6 Å². The number of nitrogens with one attached hydrogen (secondary N) is 4.